The monoisotopic (exact) mass is 249 g/mol. The fraction of sp³-hybridized carbons (Fsp3) is 0.600. The zero-order chi connectivity index (χ0) is 13.2. The van der Waals surface area contributed by atoms with Gasteiger partial charge in [0.1, 0.15) is 11.9 Å². The van der Waals surface area contributed by atoms with Crippen molar-refractivity contribution in [2.24, 2.45) is 0 Å². The fourth-order valence-corrected chi connectivity index (χ4v) is 2.19. The Bertz CT molecular complexity index is 415. The molecule has 1 aromatic rings. The third-order valence-corrected chi connectivity index (χ3v) is 3.60. The molecule has 2 rings (SSSR count). The molecule has 0 radical (unpaired) electrons. The van der Waals surface area contributed by atoms with Crippen molar-refractivity contribution in [2.45, 2.75) is 45.3 Å². The number of fused-ring (bicyclic) bond motifs is 1. The van der Waals surface area contributed by atoms with Crippen molar-refractivity contribution in [3.63, 3.8) is 0 Å². The van der Waals surface area contributed by atoms with Crippen LogP contribution in [0.4, 0.5) is 0 Å². The highest BCUT2D eigenvalue weighted by Crippen LogP contribution is 2.29. The van der Waals surface area contributed by atoms with Crippen LogP contribution in [0.5, 0.6) is 5.75 Å². The summed E-state index contributed by atoms with van der Waals surface area (Å²) in [6.07, 6.45) is 1.90. The second-order valence-corrected chi connectivity index (χ2v) is 5.54. The Labute approximate surface area is 109 Å². The van der Waals surface area contributed by atoms with E-state index in [2.05, 4.69) is 24.4 Å². The molecular weight excluding hydrogens is 226 g/mol. The summed E-state index contributed by atoms with van der Waals surface area (Å²) >= 11 is 0. The number of aryl methyl sites for hydroxylation is 1. The van der Waals surface area contributed by atoms with E-state index in [9.17, 15) is 5.11 Å². The first-order chi connectivity index (χ1) is 8.50. The van der Waals surface area contributed by atoms with E-state index in [-0.39, 0.29) is 6.10 Å². The van der Waals surface area contributed by atoms with Gasteiger partial charge in [0, 0.05) is 19.5 Å². The maximum absolute atomic E-state index is 9.90. The van der Waals surface area contributed by atoms with Gasteiger partial charge in [-0.3, -0.25) is 0 Å². The summed E-state index contributed by atoms with van der Waals surface area (Å²) < 4.78 is 5.87. The highest BCUT2D eigenvalue weighted by molar-refractivity contribution is 5.40. The molecule has 1 aliphatic rings. The third-order valence-electron chi connectivity index (χ3n) is 3.60. The van der Waals surface area contributed by atoms with Crippen LogP contribution in [0.3, 0.4) is 0 Å². The number of aliphatic hydroxyl groups is 1. The lowest BCUT2D eigenvalue weighted by molar-refractivity contribution is 0.0534. The number of nitrogens with one attached hydrogen (secondary N) is 1. The highest BCUT2D eigenvalue weighted by Gasteiger charge is 2.23. The molecule has 0 saturated carbocycles. The number of rotatable bonds is 5. The highest BCUT2D eigenvalue weighted by atomic mass is 16.5. The van der Waals surface area contributed by atoms with Gasteiger partial charge in [-0.25, -0.2) is 0 Å². The second kappa shape index (κ2) is 5.29. The molecule has 2 atom stereocenters. The zero-order valence-corrected chi connectivity index (χ0v) is 11.5. The Morgan fingerprint density at radius 1 is 1.50 bits per heavy atom. The molecule has 100 valence electrons. The van der Waals surface area contributed by atoms with Crippen molar-refractivity contribution in [1.82, 2.24) is 5.32 Å². The maximum Gasteiger partial charge on any atom is 0.123 e. The number of ether oxygens (including phenoxy) is 1. The van der Waals surface area contributed by atoms with E-state index < -0.39 is 5.60 Å². The van der Waals surface area contributed by atoms with E-state index in [0.29, 0.717) is 6.54 Å². The predicted octanol–water partition coefficient (Wildman–Crippen LogP) is 2.05. The summed E-state index contributed by atoms with van der Waals surface area (Å²) in [5.41, 5.74) is 1.95. The van der Waals surface area contributed by atoms with Crippen LogP contribution in [0.25, 0.3) is 0 Å². The standard InChI is InChI=1S/C15H23NO2/c1-4-15(3,17)10-16-9-13-8-12-7-11(2)5-6-14(12)18-13/h5-7,13,16-17H,4,8-10H2,1-3H3. The van der Waals surface area contributed by atoms with Gasteiger partial charge >= 0.3 is 0 Å². The number of hydrogen-bond acceptors (Lipinski definition) is 3. The lowest BCUT2D eigenvalue weighted by atomic mass is 10.0. The van der Waals surface area contributed by atoms with E-state index in [4.69, 9.17) is 4.74 Å². The predicted molar refractivity (Wildman–Crippen MR) is 73.1 cm³/mol. The first-order valence-corrected chi connectivity index (χ1v) is 6.69. The third kappa shape index (κ3) is 3.24. The Balaban J connectivity index is 1.81. The topological polar surface area (TPSA) is 41.5 Å². The smallest absolute Gasteiger partial charge is 0.123 e. The van der Waals surface area contributed by atoms with Crippen LogP contribution < -0.4 is 10.1 Å². The van der Waals surface area contributed by atoms with E-state index in [1.165, 1.54) is 11.1 Å². The van der Waals surface area contributed by atoms with Crippen LogP contribution in [0.2, 0.25) is 0 Å². The van der Waals surface area contributed by atoms with Gasteiger partial charge in [-0.1, -0.05) is 24.6 Å². The molecule has 1 aromatic carbocycles. The van der Waals surface area contributed by atoms with Crippen molar-refractivity contribution < 1.29 is 9.84 Å². The van der Waals surface area contributed by atoms with Crippen molar-refractivity contribution in [3.05, 3.63) is 29.3 Å². The molecule has 2 N–H and O–H groups in total. The lowest BCUT2D eigenvalue weighted by Gasteiger charge is -2.22. The quantitative estimate of drug-likeness (QED) is 0.839. The minimum Gasteiger partial charge on any atom is -0.488 e. The molecule has 0 bridgehead atoms. The largest absolute Gasteiger partial charge is 0.488 e. The first-order valence-electron chi connectivity index (χ1n) is 6.69. The summed E-state index contributed by atoms with van der Waals surface area (Å²) in [7, 11) is 0. The minimum absolute atomic E-state index is 0.189. The molecule has 18 heavy (non-hydrogen) atoms. The van der Waals surface area contributed by atoms with E-state index in [1.54, 1.807) is 0 Å². The van der Waals surface area contributed by atoms with Gasteiger partial charge in [-0.05, 0) is 31.9 Å². The van der Waals surface area contributed by atoms with Gasteiger partial charge in [0.25, 0.3) is 0 Å². The number of benzene rings is 1. The zero-order valence-electron chi connectivity index (χ0n) is 11.5. The summed E-state index contributed by atoms with van der Waals surface area (Å²) in [6.45, 7) is 7.34. The molecule has 0 fully saturated rings. The van der Waals surface area contributed by atoms with Gasteiger partial charge in [-0.2, -0.15) is 0 Å². The van der Waals surface area contributed by atoms with Crippen LogP contribution in [0.1, 0.15) is 31.4 Å². The van der Waals surface area contributed by atoms with E-state index in [1.807, 2.05) is 19.9 Å². The Hall–Kier alpha value is -1.06. The van der Waals surface area contributed by atoms with Gasteiger partial charge in [-0.15, -0.1) is 0 Å². The molecule has 0 spiro atoms. The molecule has 1 aliphatic heterocycles. The van der Waals surface area contributed by atoms with E-state index in [0.717, 1.165) is 25.1 Å². The molecular formula is C15H23NO2. The van der Waals surface area contributed by atoms with Crippen molar-refractivity contribution in [3.8, 4) is 5.75 Å². The summed E-state index contributed by atoms with van der Waals surface area (Å²) in [6, 6.07) is 6.32. The van der Waals surface area contributed by atoms with Crippen LogP contribution in [0, 0.1) is 6.92 Å². The molecule has 0 aromatic heterocycles. The van der Waals surface area contributed by atoms with Crippen LogP contribution in [-0.4, -0.2) is 29.9 Å². The molecule has 3 nitrogen and oxygen atoms in total. The maximum atomic E-state index is 9.90. The molecule has 2 unspecified atom stereocenters. The van der Waals surface area contributed by atoms with Crippen LogP contribution in [0.15, 0.2) is 18.2 Å². The Morgan fingerprint density at radius 3 is 3.00 bits per heavy atom. The van der Waals surface area contributed by atoms with Gasteiger partial charge in [0.15, 0.2) is 0 Å². The summed E-state index contributed by atoms with van der Waals surface area (Å²) in [4.78, 5) is 0. The van der Waals surface area contributed by atoms with Gasteiger partial charge in [0.05, 0.1) is 5.60 Å². The molecule has 1 heterocycles. The van der Waals surface area contributed by atoms with Crippen LogP contribution in [-0.2, 0) is 6.42 Å². The normalized spacial score (nSPS) is 21.2. The number of hydrogen-bond donors (Lipinski definition) is 2. The Morgan fingerprint density at radius 2 is 2.28 bits per heavy atom. The summed E-state index contributed by atoms with van der Waals surface area (Å²) in [5.74, 6) is 1.01. The molecule has 0 saturated heterocycles. The first kappa shape index (κ1) is 13.4. The summed E-state index contributed by atoms with van der Waals surface area (Å²) in [5, 5.41) is 13.2. The molecule has 0 amide bonds. The Kier molecular flexibility index (Phi) is 3.93. The van der Waals surface area contributed by atoms with Crippen molar-refractivity contribution in [1.29, 1.82) is 0 Å². The SMILES string of the molecule is CCC(C)(O)CNCC1Cc2cc(C)ccc2O1. The van der Waals surface area contributed by atoms with Gasteiger partial charge < -0.3 is 15.2 Å². The molecule has 3 heteroatoms. The van der Waals surface area contributed by atoms with Crippen LogP contribution >= 0.6 is 0 Å². The average molecular weight is 249 g/mol. The minimum atomic E-state index is -0.623. The van der Waals surface area contributed by atoms with E-state index >= 15 is 0 Å². The fourth-order valence-electron chi connectivity index (χ4n) is 2.19. The van der Waals surface area contributed by atoms with Crippen molar-refractivity contribution in [2.75, 3.05) is 13.1 Å². The lowest BCUT2D eigenvalue weighted by Crippen LogP contribution is -2.41. The second-order valence-electron chi connectivity index (χ2n) is 5.54. The molecule has 0 aliphatic carbocycles. The average Bonchev–Trinajstić information content (AvgIpc) is 2.70. The van der Waals surface area contributed by atoms with Crippen molar-refractivity contribution >= 4 is 0 Å². The van der Waals surface area contributed by atoms with Gasteiger partial charge in [0.2, 0.25) is 0 Å².